The van der Waals surface area contributed by atoms with E-state index >= 15 is 0 Å². The molecular weight excluding hydrogens is 163 g/mol. The topological polar surface area (TPSA) is 38.9 Å². The van der Waals surface area contributed by atoms with E-state index in [1.54, 1.807) is 11.4 Å². The SMILES string of the molecule is Nc1csc2nc(F)ccc12. The van der Waals surface area contributed by atoms with Crippen molar-refractivity contribution in [3.63, 3.8) is 0 Å². The number of nitrogen functional groups attached to an aromatic ring is 1. The van der Waals surface area contributed by atoms with E-state index in [4.69, 9.17) is 5.73 Å². The number of hydrogen-bond acceptors (Lipinski definition) is 3. The molecule has 2 aromatic rings. The van der Waals surface area contributed by atoms with Crippen molar-refractivity contribution in [2.75, 3.05) is 5.73 Å². The van der Waals surface area contributed by atoms with Crippen LogP contribution in [0.2, 0.25) is 0 Å². The van der Waals surface area contributed by atoms with Gasteiger partial charge in [0.15, 0.2) is 0 Å². The van der Waals surface area contributed by atoms with Crippen LogP contribution in [0.4, 0.5) is 10.1 Å². The molecule has 2 N–H and O–H groups in total. The van der Waals surface area contributed by atoms with Gasteiger partial charge in [-0.3, -0.25) is 0 Å². The summed E-state index contributed by atoms with van der Waals surface area (Å²) in [7, 11) is 0. The molecule has 0 atom stereocenters. The molecule has 2 rings (SSSR count). The minimum Gasteiger partial charge on any atom is -0.398 e. The molecular formula is C7H5FN2S. The highest BCUT2D eigenvalue weighted by molar-refractivity contribution is 7.17. The van der Waals surface area contributed by atoms with Gasteiger partial charge in [0.05, 0.1) is 5.69 Å². The summed E-state index contributed by atoms with van der Waals surface area (Å²) < 4.78 is 12.5. The molecule has 2 aromatic heterocycles. The van der Waals surface area contributed by atoms with E-state index in [1.807, 2.05) is 0 Å². The lowest BCUT2D eigenvalue weighted by Crippen LogP contribution is -1.83. The molecule has 11 heavy (non-hydrogen) atoms. The molecule has 0 radical (unpaired) electrons. The van der Waals surface area contributed by atoms with Crippen LogP contribution in [-0.4, -0.2) is 4.98 Å². The zero-order valence-electron chi connectivity index (χ0n) is 5.54. The van der Waals surface area contributed by atoms with Gasteiger partial charge in [0.1, 0.15) is 4.83 Å². The number of pyridine rings is 1. The number of anilines is 1. The van der Waals surface area contributed by atoms with Crippen molar-refractivity contribution in [1.82, 2.24) is 4.98 Å². The average molecular weight is 168 g/mol. The predicted octanol–water partition coefficient (Wildman–Crippen LogP) is 2.02. The Kier molecular flexibility index (Phi) is 1.29. The summed E-state index contributed by atoms with van der Waals surface area (Å²) in [4.78, 5) is 4.32. The number of halogens is 1. The van der Waals surface area contributed by atoms with Crippen LogP contribution in [-0.2, 0) is 0 Å². The maximum atomic E-state index is 12.5. The normalized spacial score (nSPS) is 10.6. The summed E-state index contributed by atoms with van der Waals surface area (Å²) in [5, 5.41) is 2.59. The minimum absolute atomic E-state index is 0.459. The van der Waals surface area contributed by atoms with E-state index < -0.39 is 5.95 Å². The highest BCUT2D eigenvalue weighted by atomic mass is 32.1. The van der Waals surface area contributed by atoms with Gasteiger partial charge in [-0.25, -0.2) is 4.98 Å². The van der Waals surface area contributed by atoms with Gasteiger partial charge in [-0.15, -0.1) is 11.3 Å². The van der Waals surface area contributed by atoms with Gasteiger partial charge in [0.25, 0.3) is 0 Å². The third-order valence-corrected chi connectivity index (χ3v) is 2.34. The van der Waals surface area contributed by atoms with Crippen molar-refractivity contribution in [3.8, 4) is 0 Å². The van der Waals surface area contributed by atoms with Crippen molar-refractivity contribution in [1.29, 1.82) is 0 Å². The first kappa shape index (κ1) is 6.54. The number of aromatic nitrogens is 1. The first-order valence-electron chi connectivity index (χ1n) is 3.06. The van der Waals surface area contributed by atoms with Gasteiger partial charge in [-0.2, -0.15) is 4.39 Å². The first-order valence-corrected chi connectivity index (χ1v) is 3.94. The van der Waals surface area contributed by atoms with E-state index in [2.05, 4.69) is 4.98 Å². The summed E-state index contributed by atoms with van der Waals surface area (Å²) in [6.45, 7) is 0. The quantitative estimate of drug-likeness (QED) is 0.611. The van der Waals surface area contributed by atoms with Gasteiger partial charge < -0.3 is 5.73 Å². The van der Waals surface area contributed by atoms with Crippen LogP contribution in [0.1, 0.15) is 0 Å². The Morgan fingerprint density at radius 2 is 2.27 bits per heavy atom. The van der Waals surface area contributed by atoms with Gasteiger partial charge in [0, 0.05) is 10.8 Å². The summed E-state index contributed by atoms with van der Waals surface area (Å²) in [6, 6.07) is 2.95. The maximum Gasteiger partial charge on any atom is 0.214 e. The van der Waals surface area contributed by atoms with Crippen LogP contribution >= 0.6 is 11.3 Å². The number of fused-ring (bicyclic) bond motifs is 1. The zero-order valence-corrected chi connectivity index (χ0v) is 6.36. The van der Waals surface area contributed by atoms with Crippen LogP contribution < -0.4 is 5.73 Å². The molecule has 56 valence electrons. The average Bonchev–Trinajstić information content (AvgIpc) is 2.32. The number of nitrogens with two attached hydrogens (primary N) is 1. The van der Waals surface area contributed by atoms with Gasteiger partial charge in [0.2, 0.25) is 5.95 Å². The molecule has 0 aliphatic rings. The lowest BCUT2D eigenvalue weighted by molar-refractivity contribution is 0.590. The fourth-order valence-corrected chi connectivity index (χ4v) is 1.73. The Balaban J connectivity index is 2.86. The number of rotatable bonds is 0. The summed E-state index contributed by atoms with van der Waals surface area (Å²) in [5.74, 6) is -0.459. The molecule has 4 heteroatoms. The van der Waals surface area contributed by atoms with Crippen molar-refractivity contribution >= 4 is 27.2 Å². The molecule has 0 amide bonds. The van der Waals surface area contributed by atoms with Crippen LogP contribution in [0.5, 0.6) is 0 Å². The van der Waals surface area contributed by atoms with Gasteiger partial charge in [-0.05, 0) is 12.1 Å². The molecule has 0 saturated carbocycles. The first-order chi connectivity index (χ1) is 5.27. The molecule has 0 saturated heterocycles. The summed E-state index contributed by atoms with van der Waals surface area (Å²) >= 11 is 1.35. The molecule has 2 nitrogen and oxygen atoms in total. The Morgan fingerprint density at radius 3 is 3.09 bits per heavy atom. The lowest BCUT2D eigenvalue weighted by Gasteiger charge is -1.89. The molecule has 0 unspecified atom stereocenters. The zero-order chi connectivity index (χ0) is 7.84. The molecule has 0 aromatic carbocycles. The Morgan fingerprint density at radius 1 is 1.45 bits per heavy atom. The highest BCUT2D eigenvalue weighted by Crippen LogP contribution is 2.25. The van der Waals surface area contributed by atoms with Gasteiger partial charge >= 0.3 is 0 Å². The van der Waals surface area contributed by atoms with E-state index in [0.29, 0.717) is 10.5 Å². The minimum atomic E-state index is -0.459. The van der Waals surface area contributed by atoms with E-state index in [-0.39, 0.29) is 0 Å². The Labute approximate surface area is 66.5 Å². The maximum absolute atomic E-state index is 12.5. The number of thiophene rings is 1. The standard InChI is InChI=1S/C7H5FN2S/c8-6-2-1-4-5(9)3-11-7(4)10-6/h1-3H,9H2. The van der Waals surface area contributed by atoms with Crippen LogP contribution in [0, 0.1) is 5.95 Å². The number of hydrogen-bond donors (Lipinski definition) is 1. The van der Waals surface area contributed by atoms with Crippen LogP contribution in [0.15, 0.2) is 17.5 Å². The second-order valence-electron chi connectivity index (χ2n) is 2.18. The predicted molar refractivity (Wildman–Crippen MR) is 44.0 cm³/mol. The Bertz CT molecular complexity index is 396. The Hall–Kier alpha value is -1.16. The molecule has 0 bridgehead atoms. The fraction of sp³-hybridized carbons (Fsp3) is 0. The molecule has 0 aliphatic carbocycles. The van der Waals surface area contributed by atoms with Crippen molar-refractivity contribution in [3.05, 3.63) is 23.5 Å². The second-order valence-corrected chi connectivity index (χ2v) is 3.04. The third-order valence-electron chi connectivity index (χ3n) is 1.43. The number of nitrogens with zero attached hydrogens (tertiary/aromatic N) is 1. The largest absolute Gasteiger partial charge is 0.398 e. The monoisotopic (exact) mass is 168 g/mol. The third kappa shape index (κ3) is 0.952. The van der Waals surface area contributed by atoms with Crippen LogP contribution in [0.3, 0.4) is 0 Å². The smallest absolute Gasteiger partial charge is 0.214 e. The van der Waals surface area contributed by atoms with E-state index in [9.17, 15) is 4.39 Å². The summed E-state index contributed by atoms with van der Waals surface area (Å²) in [6.07, 6.45) is 0. The fourth-order valence-electron chi connectivity index (χ4n) is 0.910. The van der Waals surface area contributed by atoms with E-state index in [1.165, 1.54) is 17.4 Å². The summed E-state index contributed by atoms with van der Waals surface area (Å²) in [5.41, 5.74) is 6.24. The second kappa shape index (κ2) is 2.17. The molecule has 2 heterocycles. The van der Waals surface area contributed by atoms with Crippen molar-refractivity contribution < 1.29 is 4.39 Å². The van der Waals surface area contributed by atoms with E-state index in [0.717, 1.165) is 5.39 Å². The van der Waals surface area contributed by atoms with Crippen molar-refractivity contribution in [2.45, 2.75) is 0 Å². The van der Waals surface area contributed by atoms with Crippen molar-refractivity contribution in [2.24, 2.45) is 0 Å². The molecule has 0 aliphatic heterocycles. The highest BCUT2D eigenvalue weighted by Gasteiger charge is 2.01. The molecule has 0 fully saturated rings. The molecule has 0 spiro atoms. The lowest BCUT2D eigenvalue weighted by atomic mass is 10.3. The van der Waals surface area contributed by atoms with Gasteiger partial charge in [-0.1, -0.05) is 0 Å². The van der Waals surface area contributed by atoms with Crippen LogP contribution in [0.25, 0.3) is 10.2 Å².